The number of nitrogens with two attached hydrogens (primary N) is 1. The van der Waals surface area contributed by atoms with E-state index in [2.05, 4.69) is 11.9 Å². The van der Waals surface area contributed by atoms with Gasteiger partial charge in [-0.1, -0.05) is 6.92 Å². The molecule has 2 N–H and O–H groups in total. The van der Waals surface area contributed by atoms with Crippen LogP contribution in [-0.4, -0.2) is 9.55 Å². The molecule has 1 unspecified atom stereocenters. The van der Waals surface area contributed by atoms with E-state index in [1.165, 1.54) is 6.07 Å². The highest BCUT2D eigenvalue weighted by atomic mass is 19.1. The molecule has 1 atom stereocenters. The van der Waals surface area contributed by atoms with E-state index in [4.69, 9.17) is 5.73 Å². The van der Waals surface area contributed by atoms with Crippen LogP contribution in [0.1, 0.15) is 43.3 Å². The van der Waals surface area contributed by atoms with Crippen LogP contribution >= 0.6 is 0 Å². The van der Waals surface area contributed by atoms with Gasteiger partial charge < -0.3 is 10.3 Å². The monoisotopic (exact) mass is 261 g/mol. The largest absolute Gasteiger partial charge is 0.324 e. The molecule has 0 bridgehead atoms. The fourth-order valence-electron chi connectivity index (χ4n) is 2.22. The Hall–Kier alpha value is -1.68. The molecule has 0 aliphatic carbocycles. The van der Waals surface area contributed by atoms with E-state index in [1.54, 1.807) is 13.1 Å². The number of rotatable bonds is 4. The summed E-state index contributed by atoms with van der Waals surface area (Å²) in [5.74, 6) is 0.767. The minimum atomic E-state index is -0.220. The number of hydrogen-bond donors (Lipinski definition) is 1. The zero-order valence-corrected chi connectivity index (χ0v) is 11.7. The molecule has 0 spiro atoms. The van der Waals surface area contributed by atoms with Crippen molar-refractivity contribution in [3.05, 3.63) is 47.3 Å². The molecule has 3 nitrogen and oxygen atoms in total. The highest BCUT2D eigenvalue weighted by Gasteiger charge is 2.14. The summed E-state index contributed by atoms with van der Waals surface area (Å²) < 4.78 is 15.7. The van der Waals surface area contributed by atoms with Crippen LogP contribution in [0.4, 0.5) is 4.39 Å². The Bertz CT molecular complexity index is 573. The van der Waals surface area contributed by atoms with Crippen molar-refractivity contribution in [2.75, 3.05) is 0 Å². The van der Waals surface area contributed by atoms with Gasteiger partial charge in [0.25, 0.3) is 0 Å². The van der Waals surface area contributed by atoms with Gasteiger partial charge in [-0.2, -0.15) is 0 Å². The maximum absolute atomic E-state index is 13.7. The van der Waals surface area contributed by atoms with Gasteiger partial charge >= 0.3 is 0 Å². The minimum Gasteiger partial charge on any atom is -0.324 e. The maximum atomic E-state index is 13.7. The Morgan fingerprint density at radius 2 is 2.16 bits per heavy atom. The van der Waals surface area contributed by atoms with Gasteiger partial charge in [0.05, 0.1) is 5.69 Å². The molecule has 0 amide bonds. The highest BCUT2D eigenvalue weighted by molar-refractivity contribution is 5.46. The summed E-state index contributed by atoms with van der Waals surface area (Å²) in [5, 5.41) is 0. The number of halogens is 1. The Morgan fingerprint density at radius 1 is 1.42 bits per heavy atom. The number of aryl methyl sites for hydroxylation is 2. The van der Waals surface area contributed by atoms with Gasteiger partial charge in [0.15, 0.2) is 0 Å². The normalized spacial score (nSPS) is 12.7. The predicted octanol–water partition coefficient (Wildman–Crippen LogP) is 3.29. The third-order valence-corrected chi connectivity index (χ3v) is 3.25. The molecule has 0 saturated carbocycles. The summed E-state index contributed by atoms with van der Waals surface area (Å²) in [6.45, 7) is 5.74. The van der Waals surface area contributed by atoms with E-state index in [-0.39, 0.29) is 11.9 Å². The van der Waals surface area contributed by atoms with Crippen LogP contribution in [0.25, 0.3) is 5.69 Å². The second-order valence-electron chi connectivity index (χ2n) is 4.91. The van der Waals surface area contributed by atoms with Crippen molar-refractivity contribution in [2.45, 2.75) is 39.7 Å². The molecule has 0 aliphatic heterocycles. The topological polar surface area (TPSA) is 43.8 Å². The summed E-state index contributed by atoms with van der Waals surface area (Å²) in [6, 6.07) is 3.15. The van der Waals surface area contributed by atoms with Gasteiger partial charge in [0.1, 0.15) is 11.6 Å². The van der Waals surface area contributed by atoms with E-state index < -0.39 is 0 Å². The van der Waals surface area contributed by atoms with Crippen molar-refractivity contribution in [3.63, 3.8) is 0 Å². The molecule has 102 valence electrons. The molecule has 2 rings (SSSR count). The van der Waals surface area contributed by atoms with Crippen LogP contribution in [0.15, 0.2) is 24.5 Å². The smallest absolute Gasteiger partial charge is 0.126 e. The molecule has 1 aromatic carbocycles. The van der Waals surface area contributed by atoms with E-state index in [1.807, 2.05) is 23.8 Å². The molecule has 1 aromatic heterocycles. The van der Waals surface area contributed by atoms with Crippen molar-refractivity contribution >= 4 is 0 Å². The zero-order valence-electron chi connectivity index (χ0n) is 11.7. The Kier molecular flexibility index (Phi) is 4.00. The lowest BCUT2D eigenvalue weighted by molar-refractivity contribution is 0.611. The first kappa shape index (κ1) is 13.7. The van der Waals surface area contributed by atoms with Crippen molar-refractivity contribution < 1.29 is 4.39 Å². The number of hydrogen-bond acceptors (Lipinski definition) is 2. The Labute approximate surface area is 113 Å². The van der Waals surface area contributed by atoms with Crippen molar-refractivity contribution in [3.8, 4) is 5.69 Å². The first-order valence-corrected chi connectivity index (χ1v) is 6.62. The molecular weight excluding hydrogens is 241 g/mol. The fraction of sp³-hybridized carbons (Fsp3) is 0.400. The van der Waals surface area contributed by atoms with Gasteiger partial charge in [0.2, 0.25) is 0 Å². The summed E-state index contributed by atoms with van der Waals surface area (Å²) in [7, 11) is 0. The minimum absolute atomic E-state index is 0.215. The standard InChI is InChI=1S/C15H20FN3/c1-4-5-15-18-6-7-19(15)14-8-10(2)13(16)9-12(14)11(3)17/h6-9,11H,4-5,17H2,1-3H3. The van der Waals surface area contributed by atoms with Crippen LogP contribution < -0.4 is 5.73 Å². The lowest BCUT2D eigenvalue weighted by Gasteiger charge is -2.17. The zero-order chi connectivity index (χ0) is 14.0. The third-order valence-electron chi connectivity index (χ3n) is 3.25. The predicted molar refractivity (Wildman–Crippen MR) is 74.9 cm³/mol. The quantitative estimate of drug-likeness (QED) is 0.917. The Balaban J connectivity index is 2.60. The molecule has 0 fully saturated rings. The molecule has 2 aromatic rings. The summed E-state index contributed by atoms with van der Waals surface area (Å²) in [6.07, 6.45) is 5.59. The highest BCUT2D eigenvalue weighted by Crippen LogP contribution is 2.25. The summed E-state index contributed by atoms with van der Waals surface area (Å²) in [5.41, 5.74) is 8.31. The molecule has 19 heavy (non-hydrogen) atoms. The Morgan fingerprint density at radius 3 is 2.79 bits per heavy atom. The van der Waals surface area contributed by atoms with Gasteiger partial charge in [-0.25, -0.2) is 9.37 Å². The third kappa shape index (κ3) is 2.68. The average molecular weight is 261 g/mol. The number of aromatic nitrogens is 2. The van der Waals surface area contributed by atoms with Crippen LogP contribution in [0.3, 0.4) is 0 Å². The van der Waals surface area contributed by atoms with Crippen LogP contribution in [0.2, 0.25) is 0 Å². The number of imidazole rings is 1. The SMILES string of the molecule is CCCc1nccn1-c1cc(C)c(F)cc1C(C)N. The van der Waals surface area contributed by atoms with E-state index >= 15 is 0 Å². The van der Waals surface area contributed by atoms with Crippen LogP contribution in [0.5, 0.6) is 0 Å². The maximum Gasteiger partial charge on any atom is 0.126 e. The van der Waals surface area contributed by atoms with Crippen molar-refractivity contribution in [2.24, 2.45) is 5.73 Å². The lowest BCUT2D eigenvalue weighted by atomic mass is 10.0. The number of benzene rings is 1. The molecule has 1 heterocycles. The van der Waals surface area contributed by atoms with Gasteiger partial charge in [0, 0.05) is 24.9 Å². The van der Waals surface area contributed by atoms with E-state index in [0.29, 0.717) is 5.56 Å². The molecule has 0 aliphatic rings. The second kappa shape index (κ2) is 5.53. The molecule has 4 heteroatoms. The van der Waals surface area contributed by atoms with Crippen molar-refractivity contribution in [1.82, 2.24) is 9.55 Å². The molecular formula is C15H20FN3. The van der Waals surface area contributed by atoms with Gasteiger partial charge in [-0.15, -0.1) is 0 Å². The molecule has 0 radical (unpaired) electrons. The van der Waals surface area contributed by atoms with Gasteiger partial charge in [-0.3, -0.25) is 0 Å². The molecule has 0 saturated heterocycles. The fourth-order valence-corrected chi connectivity index (χ4v) is 2.22. The van der Waals surface area contributed by atoms with Crippen LogP contribution in [-0.2, 0) is 6.42 Å². The van der Waals surface area contributed by atoms with E-state index in [0.717, 1.165) is 29.9 Å². The van der Waals surface area contributed by atoms with Crippen LogP contribution in [0, 0.1) is 12.7 Å². The lowest BCUT2D eigenvalue weighted by Crippen LogP contribution is -2.12. The second-order valence-corrected chi connectivity index (χ2v) is 4.91. The van der Waals surface area contributed by atoms with Gasteiger partial charge in [-0.05, 0) is 43.5 Å². The first-order chi connectivity index (χ1) is 9.04. The average Bonchev–Trinajstić information content (AvgIpc) is 2.80. The van der Waals surface area contributed by atoms with E-state index in [9.17, 15) is 4.39 Å². The van der Waals surface area contributed by atoms with Crippen molar-refractivity contribution in [1.29, 1.82) is 0 Å². The summed E-state index contributed by atoms with van der Waals surface area (Å²) in [4.78, 5) is 4.36. The summed E-state index contributed by atoms with van der Waals surface area (Å²) >= 11 is 0. The first-order valence-electron chi connectivity index (χ1n) is 6.62. The number of nitrogens with zero attached hydrogens (tertiary/aromatic N) is 2.